The van der Waals surface area contributed by atoms with Gasteiger partial charge >= 0.3 is 0 Å². The van der Waals surface area contributed by atoms with Crippen molar-refractivity contribution in [3.63, 3.8) is 0 Å². The first-order valence-corrected chi connectivity index (χ1v) is 9.50. The highest BCUT2D eigenvalue weighted by molar-refractivity contribution is 8.69. The molecule has 0 saturated carbocycles. The highest BCUT2D eigenvalue weighted by Crippen LogP contribution is 2.88. The van der Waals surface area contributed by atoms with Gasteiger partial charge in [-0.25, -0.2) is 0 Å². The number of fused-ring (bicyclic) bond motifs is 1. The normalized spacial score (nSPS) is 46.9. The molecule has 0 saturated heterocycles. The van der Waals surface area contributed by atoms with Gasteiger partial charge in [0.15, 0.2) is 0 Å². The van der Waals surface area contributed by atoms with Gasteiger partial charge in [-0.3, -0.25) is 0 Å². The lowest BCUT2D eigenvalue weighted by Crippen LogP contribution is -1.63. The quantitative estimate of drug-likeness (QED) is 0.485. The summed E-state index contributed by atoms with van der Waals surface area (Å²) in [5.41, 5.74) is 0. The molecule has 4 atom stereocenters. The molecule has 0 radical (unpaired) electrons. The van der Waals surface area contributed by atoms with E-state index >= 15 is 0 Å². The van der Waals surface area contributed by atoms with Gasteiger partial charge in [-0.05, 0) is 24.6 Å². The number of hydrogen-bond acceptors (Lipinski definition) is 0. The van der Waals surface area contributed by atoms with Crippen molar-refractivity contribution in [2.24, 2.45) is 0 Å². The third-order valence-electron chi connectivity index (χ3n) is 1.06. The lowest BCUT2D eigenvalue weighted by Gasteiger charge is -2.06. The molecule has 0 aromatic rings. The fraction of sp³-hybridized carbons (Fsp3) is 0.333. The fourth-order valence-corrected chi connectivity index (χ4v) is 17.6. The predicted octanol–water partition coefficient (Wildman–Crippen LogP) is 3.12. The summed E-state index contributed by atoms with van der Waals surface area (Å²) >= 11 is 0. The SMILES string of the molecule is C1=C2CPP1PP2. The molecule has 2 heterocycles. The van der Waals surface area contributed by atoms with Gasteiger partial charge in [0, 0.05) is 0 Å². The molecule has 0 spiro atoms. The van der Waals surface area contributed by atoms with Crippen molar-refractivity contribution in [2.45, 2.75) is 0 Å². The van der Waals surface area contributed by atoms with E-state index in [-0.39, 0.29) is 0 Å². The highest BCUT2D eigenvalue weighted by atomic mass is 32.6. The molecule has 0 aliphatic carbocycles. The van der Waals surface area contributed by atoms with Gasteiger partial charge in [-0.1, -0.05) is 24.5 Å². The lowest BCUT2D eigenvalue weighted by molar-refractivity contribution is 1.76. The summed E-state index contributed by atoms with van der Waals surface area (Å²) in [5, 5.41) is 1.82. The minimum absolute atomic E-state index is 0.537. The second-order valence-electron chi connectivity index (χ2n) is 1.60. The third kappa shape index (κ3) is 0.930. The summed E-state index contributed by atoms with van der Waals surface area (Å²) in [6, 6.07) is 0. The first kappa shape index (κ1) is 5.26. The van der Waals surface area contributed by atoms with Crippen molar-refractivity contribution in [3.8, 4) is 0 Å². The summed E-state index contributed by atoms with van der Waals surface area (Å²) in [4.78, 5) is 0. The highest BCUT2D eigenvalue weighted by Gasteiger charge is 2.21. The molecule has 2 bridgehead atoms. The molecule has 0 N–H and O–H groups in total. The lowest BCUT2D eigenvalue weighted by atomic mass is 10.7. The van der Waals surface area contributed by atoms with Crippen LogP contribution in [0, 0.1) is 0 Å². The maximum Gasteiger partial charge on any atom is -0.00499 e. The van der Waals surface area contributed by atoms with E-state index in [2.05, 4.69) is 5.82 Å². The smallest absolute Gasteiger partial charge is 0.00499 e. The van der Waals surface area contributed by atoms with Crippen molar-refractivity contribution < 1.29 is 0 Å². The predicted molar refractivity (Wildman–Crippen MR) is 44.8 cm³/mol. The van der Waals surface area contributed by atoms with Gasteiger partial charge in [-0.15, -0.1) is 0 Å². The summed E-state index contributed by atoms with van der Waals surface area (Å²) in [7, 11) is 4.51. The van der Waals surface area contributed by atoms with Crippen LogP contribution in [0.1, 0.15) is 0 Å². The Morgan fingerprint density at radius 1 is 1.71 bits per heavy atom. The van der Waals surface area contributed by atoms with Crippen LogP contribution in [0.2, 0.25) is 0 Å². The van der Waals surface area contributed by atoms with E-state index < -0.39 is 0 Å². The molecule has 2 aliphatic heterocycles. The largest absolute Gasteiger partial charge is 0.0829 e. The van der Waals surface area contributed by atoms with E-state index in [1.54, 1.807) is 0 Å². The summed E-state index contributed by atoms with van der Waals surface area (Å²) < 4.78 is 0. The van der Waals surface area contributed by atoms with Gasteiger partial charge in [0.1, 0.15) is 0 Å². The molecule has 0 amide bonds. The first-order valence-electron chi connectivity index (χ1n) is 2.20. The fourth-order valence-electron chi connectivity index (χ4n) is 0.698. The van der Waals surface area contributed by atoms with E-state index in [0.717, 1.165) is 0 Å². The van der Waals surface area contributed by atoms with Crippen LogP contribution in [0.4, 0.5) is 0 Å². The summed E-state index contributed by atoms with van der Waals surface area (Å²) in [6.07, 6.45) is 1.50. The Hall–Kier alpha value is 1.46. The van der Waals surface area contributed by atoms with Gasteiger partial charge in [0.2, 0.25) is 0 Å². The zero-order valence-electron chi connectivity index (χ0n) is 3.73. The van der Waals surface area contributed by atoms with Crippen LogP contribution in [0.5, 0.6) is 0 Å². The van der Waals surface area contributed by atoms with Crippen LogP contribution in [-0.2, 0) is 0 Å². The average Bonchev–Trinajstić information content (AvgIpc) is 2.22. The second-order valence-corrected chi connectivity index (χ2v) is 13.0. The number of allylic oxidation sites excluding steroid dienone is 1. The second kappa shape index (κ2) is 2.01. The molecule has 0 fully saturated rings. The Kier molecular flexibility index (Phi) is 1.51. The molecular weight excluding hydrogens is 160 g/mol. The van der Waals surface area contributed by atoms with Gasteiger partial charge in [0.05, 0.1) is 0 Å². The molecule has 4 unspecified atom stereocenters. The molecule has 0 aromatic carbocycles. The maximum atomic E-state index is 2.57. The molecule has 38 valence electrons. The Morgan fingerprint density at radius 2 is 2.71 bits per heavy atom. The van der Waals surface area contributed by atoms with Crippen molar-refractivity contribution >= 4 is 31.8 Å². The van der Waals surface area contributed by atoms with Crippen molar-refractivity contribution in [2.75, 3.05) is 6.16 Å². The Labute approximate surface area is 49.7 Å². The number of hydrogen-bond donors (Lipinski definition) is 0. The van der Waals surface area contributed by atoms with Crippen LogP contribution in [0.15, 0.2) is 11.1 Å². The van der Waals surface area contributed by atoms with E-state index in [1.165, 1.54) is 30.7 Å². The van der Waals surface area contributed by atoms with Crippen LogP contribution in [-0.4, -0.2) is 6.16 Å². The summed E-state index contributed by atoms with van der Waals surface area (Å²) in [5.74, 6) is 2.57. The number of rotatable bonds is 0. The van der Waals surface area contributed by atoms with Gasteiger partial charge in [0.25, 0.3) is 0 Å². The first-order chi connectivity index (χ1) is 3.45. The van der Waals surface area contributed by atoms with E-state index in [0.29, 0.717) is 7.30 Å². The van der Waals surface area contributed by atoms with Crippen LogP contribution >= 0.6 is 31.8 Å². The van der Waals surface area contributed by atoms with Crippen molar-refractivity contribution in [1.82, 2.24) is 0 Å². The van der Waals surface area contributed by atoms with Gasteiger partial charge < -0.3 is 0 Å². The zero-order valence-corrected chi connectivity index (χ0v) is 7.63. The molecule has 4 heteroatoms. The molecule has 0 nitrogen and oxygen atoms in total. The van der Waals surface area contributed by atoms with E-state index in [4.69, 9.17) is 0 Å². The average molecular weight is 166 g/mol. The topological polar surface area (TPSA) is 0 Å². The Morgan fingerprint density at radius 3 is 2.86 bits per heavy atom. The molecular formula is C3H6P4. The maximum absolute atomic E-state index is 2.57. The monoisotopic (exact) mass is 166 g/mol. The minimum atomic E-state index is 0.537. The van der Waals surface area contributed by atoms with Crippen LogP contribution < -0.4 is 0 Å². The van der Waals surface area contributed by atoms with Crippen LogP contribution in [0.3, 0.4) is 0 Å². The standard InChI is InChI=1S/C3H6P4/c1-3-2-7(4-1)6-5-3/h2,4-6H,1H2. The Bertz CT molecular complexity index is 108. The third-order valence-corrected chi connectivity index (χ3v) is 16.0. The molecule has 0 aromatic heterocycles. The van der Waals surface area contributed by atoms with Crippen molar-refractivity contribution in [1.29, 1.82) is 0 Å². The zero-order chi connectivity index (χ0) is 4.69. The molecule has 7 heavy (non-hydrogen) atoms. The van der Waals surface area contributed by atoms with Gasteiger partial charge in [-0.2, -0.15) is 0 Å². The molecule has 2 aliphatic rings. The Balaban J connectivity index is 2.27. The van der Waals surface area contributed by atoms with E-state index in [9.17, 15) is 0 Å². The van der Waals surface area contributed by atoms with Crippen LogP contribution in [0.25, 0.3) is 0 Å². The molecule has 2 rings (SSSR count). The van der Waals surface area contributed by atoms with Crippen molar-refractivity contribution in [3.05, 3.63) is 11.1 Å². The minimum Gasteiger partial charge on any atom is -0.0829 e. The van der Waals surface area contributed by atoms with E-state index in [1.807, 2.05) is 5.31 Å². The summed E-state index contributed by atoms with van der Waals surface area (Å²) in [6.45, 7) is 0.